The Kier molecular flexibility index (Phi) is 4.70. The molecule has 3 aliphatic rings. The molecule has 2 N–H and O–H groups in total. The van der Waals surface area contributed by atoms with Crippen LogP contribution in [0, 0.1) is 5.92 Å². The van der Waals surface area contributed by atoms with Crippen LogP contribution in [0.4, 0.5) is 5.69 Å². The molecule has 2 amide bonds. The van der Waals surface area contributed by atoms with Crippen LogP contribution >= 0.6 is 0 Å². The zero-order valence-electron chi connectivity index (χ0n) is 15.6. The number of benzene rings is 1. The van der Waals surface area contributed by atoms with Gasteiger partial charge in [-0.3, -0.25) is 14.5 Å². The first kappa shape index (κ1) is 17.7. The summed E-state index contributed by atoms with van der Waals surface area (Å²) in [6, 6.07) is 7.74. The van der Waals surface area contributed by atoms with Gasteiger partial charge in [0, 0.05) is 24.6 Å². The van der Waals surface area contributed by atoms with Crippen LogP contribution in [0.15, 0.2) is 34.9 Å². The minimum atomic E-state index is -0.288. The van der Waals surface area contributed by atoms with Crippen LogP contribution in [0.3, 0.4) is 0 Å². The number of hydrogen-bond donors (Lipinski definition) is 2. The van der Waals surface area contributed by atoms with E-state index in [4.69, 9.17) is 4.42 Å². The average Bonchev–Trinajstić information content (AvgIpc) is 3.15. The number of fused-ring (bicyclic) bond motifs is 3. The summed E-state index contributed by atoms with van der Waals surface area (Å²) in [5, 5.41) is 5.89. The molecule has 0 spiro atoms. The molecule has 3 aliphatic heterocycles. The molecule has 0 radical (unpaired) electrons. The molecule has 1 aromatic carbocycles. The van der Waals surface area contributed by atoms with Gasteiger partial charge in [-0.1, -0.05) is 12.1 Å². The van der Waals surface area contributed by atoms with E-state index in [0.29, 0.717) is 29.0 Å². The smallest absolute Gasteiger partial charge is 0.307 e. The van der Waals surface area contributed by atoms with Gasteiger partial charge in [0.15, 0.2) is 5.76 Å². The Morgan fingerprint density at radius 3 is 2.67 bits per heavy atom. The van der Waals surface area contributed by atoms with Gasteiger partial charge in [0.25, 0.3) is 5.89 Å². The number of nitrogens with one attached hydrogen (secondary N) is 2. The molecule has 2 atom stereocenters. The Labute approximate surface area is 158 Å². The van der Waals surface area contributed by atoms with E-state index in [0.717, 1.165) is 25.9 Å². The van der Waals surface area contributed by atoms with Crippen molar-refractivity contribution in [1.82, 2.24) is 15.2 Å². The minimum absolute atomic E-state index is 0.0475. The Balaban J connectivity index is 1.51. The van der Waals surface area contributed by atoms with Crippen molar-refractivity contribution in [3.63, 3.8) is 0 Å². The van der Waals surface area contributed by atoms with Crippen molar-refractivity contribution in [2.45, 2.75) is 38.8 Å². The van der Waals surface area contributed by atoms with Crippen LogP contribution in [0.1, 0.15) is 37.4 Å². The van der Waals surface area contributed by atoms with Crippen molar-refractivity contribution < 1.29 is 14.0 Å². The largest absolute Gasteiger partial charge is 0.432 e. The van der Waals surface area contributed by atoms with Crippen LogP contribution in [0.2, 0.25) is 0 Å². The molecule has 1 aromatic heterocycles. The number of carbonyl (C=O) groups excluding carboxylic acids is 2. The van der Waals surface area contributed by atoms with Crippen LogP contribution in [0.5, 0.6) is 0 Å². The second-order valence-electron chi connectivity index (χ2n) is 7.37. The monoisotopic (exact) mass is 368 g/mol. The van der Waals surface area contributed by atoms with Crippen molar-refractivity contribution in [1.29, 1.82) is 0 Å². The fraction of sp³-hybridized carbons (Fsp3) is 0.450. The summed E-state index contributed by atoms with van der Waals surface area (Å²) in [6.45, 7) is 5.84. The molecule has 142 valence electrons. The molecule has 5 rings (SSSR count). The van der Waals surface area contributed by atoms with E-state index in [2.05, 4.69) is 27.4 Å². The first-order chi connectivity index (χ1) is 13.0. The summed E-state index contributed by atoms with van der Waals surface area (Å²) in [4.78, 5) is 30.7. The van der Waals surface area contributed by atoms with Gasteiger partial charge in [-0.15, -0.1) is 0 Å². The van der Waals surface area contributed by atoms with Crippen molar-refractivity contribution >= 4 is 17.5 Å². The van der Waals surface area contributed by atoms with Gasteiger partial charge >= 0.3 is 5.91 Å². The summed E-state index contributed by atoms with van der Waals surface area (Å²) in [5.74, 6) is 0.557. The predicted octanol–water partition coefficient (Wildman–Crippen LogP) is 2.51. The number of piperidine rings is 3. The number of rotatable bonds is 4. The normalized spacial score (nSPS) is 26.6. The lowest BCUT2D eigenvalue weighted by atomic mass is 9.79. The molecular weight excluding hydrogens is 344 g/mol. The molecule has 3 saturated heterocycles. The zero-order chi connectivity index (χ0) is 19.0. The van der Waals surface area contributed by atoms with Crippen molar-refractivity contribution in [3.8, 4) is 11.3 Å². The molecule has 2 bridgehead atoms. The van der Waals surface area contributed by atoms with Crippen molar-refractivity contribution in [2.75, 3.05) is 18.4 Å². The molecule has 2 unspecified atom stereocenters. The molecular formula is C20H24N4O3. The number of anilines is 1. The second kappa shape index (κ2) is 7.15. The Hall–Kier alpha value is -2.67. The van der Waals surface area contributed by atoms with E-state index in [1.807, 2.05) is 18.2 Å². The lowest BCUT2D eigenvalue weighted by Crippen LogP contribution is -2.62. The van der Waals surface area contributed by atoms with Gasteiger partial charge < -0.3 is 15.1 Å². The summed E-state index contributed by atoms with van der Waals surface area (Å²) in [7, 11) is 0. The van der Waals surface area contributed by atoms with Gasteiger partial charge in [0.05, 0.1) is 11.9 Å². The highest BCUT2D eigenvalue weighted by molar-refractivity contribution is 5.94. The Morgan fingerprint density at radius 2 is 1.96 bits per heavy atom. The van der Waals surface area contributed by atoms with Crippen molar-refractivity contribution in [3.05, 3.63) is 36.4 Å². The predicted molar refractivity (Wildman–Crippen MR) is 101 cm³/mol. The lowest BCUT2D eigenvalue weighted by Gasteiger charge is -2.49. The van der Waals surface area contributed by atoms with E-state index >= 15 is 0 Å². The van der Waals surface area contributed by atoms with Gasteiger partial charge in [-0.2, -0.15) is 0 Å². The fourth-order valence-electron chi connectivity index (χ4n) is 4.26. The second-order valence-corrected chi connectivity index (χ2v) is 7.37. The number of aromatic nitrogens is 1. The first-order valence-corrected chi connectivity index (χ1v) is 9.40. The summed E-state index contributed by atoms with van der Waals surface area (Å²) < 4.78 is 5.72. The van der Waals surface area contributed by atoms with Gasteiger partial charge in [-0.25, -0.2) is 4.98 Å². The van der Waals surface area contributed by atoms with Gasteiger partial charge in [0.1, 0.15) is 0 Å². The lowest BCUT2D eigenvalue weighted by molar-refractivity contribution is -0.114. The highest BCUT2D eigenvalue weighted by Crippen LogP contribution is 2.32. The number of hydrogen-bond acceptors (Lipinski definition) is 5. The molecule has 7 heteroatoms. The number of para-hydroxylation sites is 1. The van der Waals surface area contributed by atoms with Crippen LogP contribution in [-0.4, -0.2) is 46.9 Å². The van der Waals surface area contributed by atoms with E-state index in [-0.39, 0.29) is 23.7 Å². The Morgan fingerprint density at radius 1 is 1.22 bits per heavy atom. The molecule has 3 fully saturated rings. The summed E-state index contributed by atoms with van der Waals surface area (Å²) in [5.41, 5.74) is 1.31. The minimum Gasteiger partial charge on any atom is -0.432 e. The third-order valence-corrected chi connectivity index (χ3v) is 5.68. The van der Waals surface area contributed by atoms with Crippen LogP contribution < -0.4 is 10.6 Å². The maximum Gasteiger partial charge on any atom is 0.307 e. The zero-order valence-corrected chi connectivity index (χ0v) is 15.6. The third-order valence-electron chi connectivity index (χ3n) is 5.68. The summed E-state index contributed by atoms with van der Waals surface area (Å²) in [6.07, 6.45) is 3.77. The molecule has 4 heterocycles. The fourth-order valence-corrected chi connectivity index (χ4v) is 4.26. The highest BCUT2D eigenvalue weighted by atomic mass is 16.4. The molecule has 7 nitrogen and oxygen atoms in total. The van der Waals surface area contributed by atoms with Crippen molar-refractivity contribution in [2.24, 2.45) is 5.92 Å². The topological polar surface area (TPSA) is 87.5 Å². The SMILES string of the molecule is CC(=O)Nc1ccccc1-c1cnc(C(=O)NC2C3CCN(CC3)C2C)o1. The highest BCUT2D eigenvalue weighted by Gasteiger charge is 2.40. The van der Waals surface area contributed by atoms with Crippen LogP contribution in [-0.2, 0) is 4.79 Å². The van der Waals surface area contributed by atoms with Crippen LogP contribution in [0.25, 0.3) is 11.3 Å². The molecule has 2 aromatic rings. The van der Waals surface area contributed by atoms with E-state index in [1.165, 1.54) is 13.1 Å². The number of oxazole rings is 1. The van der Waals surface area contributed by atoms with Gasteiger partial charge in [-0.05, 0) is 50.9 Å². The Bertz CT molecular complexity index is 852. The average molecular weight is 368 g/mol. The first-order valence-electron chi connectivity index (χ1n) is 9.40. The number of amides is 2. The summed E-state index contributed by atoms with van der Waals surface area (Å²) >= 11 is 0. The van der Waals surface area contributed by atoms with E-state index in [9.17, 15) is 9.59 Å². The maximum absolute atomic E-state index is 12.7. The molecule has 27 heavy (non-hydrogen) atoms. The molecule has 0 aliphatic carbocycles. The third kappa shape index (κ3) is 3.47. The quantitative estimate of drug-likeness (QED) is 0.866. The van der Waals surface area contributed by atoms with E-state index in [1.54, 1.807) is 6.07 Å². The van der Waals surface area contributed by atoms with Gasteiger partial charge in [0.2, 0.25) is 5.91 Å². The standard InChI is InChI=1S/C20H24N4O3/c1-12-18(14-7-9-24(12)10-8-14)23-19(26)20-21-11-17(27-20)15-5-3-4-6-16(15)22-13(2)25/h3-6,11-12,14,18H,7-10H2,1-2H3,(H,22,25)(H,23,26). The number of nitrogens with zero attached hydrogens (tertiary/aromatic N) is 2. The number of carbonyl (C=O) groups is 2. The maximum atomic E-state index is 12.7. The van der Waals surface area contributed by atoms with E-state index < -0.39 is 0 Å². The molecule has 0 saturated carbocycles.